The molecule has 0 atom stereocenters. The highest BCUT2D eigenvalue weighted by Crippen LogP contribution is 2.37. The highest BCUT2D eigenvalue weighted by Gasteiger charge is 2.38. The first-order valence-corrected chi connectivity index (χ1v) is 8.39. The van der Waals surface area contributed by atoms with Gasteiger partial charge in [-0.15, -0.1) is 0 Å². The van der Waals surface area contributed by atoms with Gasteiger partial charge in [0.1, 0.15) is 8.24 Å². The molecular formula is C11H27NSi. The minimum atomic E-state index is -1.21. The zero-order valence-electron chi connectivity index (χ0n) is 10.6. The largest absolute Gasteiger partial charge is 0.326 e. The molecule has 0 aliphatic rings. The van der Waals surface area contributed by atoms with Gasteiger partial charge in [-0.2, -0.15) is 0 Å². The average Bonchev–Trinajstić information content (AvgIpc) is 1.97. The zero-order chi connectivity index (χ0) is 10.7. The molecule has 13 heavy (non-hydrogen) atoms. The Hall–Kier alpha value is 0.177. The van der Waals surface area contributed by atoms with Crippen LogP contribution in [0.15, 0.2) is 0 Å². The highest BCUT2D eigenvalue weighted by atomic mass is 28.3. The Kier molecular flexibility index (Phi) is 4.67. The summed E-state index contributed by atoms with van der Waals surface area (Å²) in [6.45, 7) is 15.6. The summed E-state index contributed by atoms with van der Waals surface area (Å²) in [7, 11) is 1.09. The molecule has 0 unspecified atom stereocenters. The zero-order valence-corrected chi connectivity index (χ0v) is 11.6. The molecule has 0 aliphatic heterocycles. The van der Waals surface area contributed by atoms with Crippen LogP contribution in [0.5, 0.6) is 0 Å². The van der Waals surface area contributed by atoms with E-state index >= 15 is 0 Å². The van der Waals surface area contributed by atoms with Gasteiger partial charge in [0.25, 0.3) is 0 Å². The normalized spacial score (nSPS) is 13.8. The van der Waals surface area contributed by atoms with E-state index in [1.54, 1.807) is 0 Å². The summed E-state index contributed by atoms with van der Waals surface area (Å²) in [6, 6.07) is 0. The smallest absolute Gasteiger partial charge is 0.127 e. The number of nitrogens with zero attached hydrogens (tertiary/aromatic N) is 1. The average molecular weight is 201 g/mol. The third-order valence-electron chi connectivity index (χ3n) is 3.64. The quantitative estimate of drug-likeness (QED) is 0.627. The summed E-state index contributed by atoms with van der Waals surface area (Å²) in [5.41, 5.74) is 0. The van der Waals surface area contributed by atoms with Gasteiger partial charge >= 0.3 is 0 Å². The first-order chi connectivity index (χ1) is 5.73. The molecule has 0 aliphatic carbocycles. The lowest BCUT2D eigenvalue weighted by Crippen LogP contribution is -2.53. The van der Waals surface area contributed by atoms with E-state index in [1.165, 1.54) is 19.4 Å². The lowest BCUT2D eigenvalue weighted by molar-refractivity contribution is 0.455. The van der Waals surface area contributed by atoms with Gasteiger partial charge in [0.2, 0.25) is 0 Å². The number of hydrogen-bond donors (Lipinski definition) is 0. The van der Waals surface area contributed by atoms with E-state index < -0.39 is 8.24 Å². The second-order valence-electron chi connectivity index (χ2n) is 5.58. The molecule has 0 radical (unpaired) electrons. The summed E-state index contributed by atoms with van der Waals surface area (Å²) in [6.07, 6.45) is 2.64. The topological polar surface area (TPSA) is 3.24 Å². The first-order valence-electron chi connectivity index (χ1n) is 5.44. The highest BCUT2D eigenvalue weighted by molar-refractivity contribution is 6.77. The Morgan fingerprint density at radius 3 is 1.92 bits per heavy atom. The van der Waals surface area contributed by atoms with Crippen molar-refractivity contribution in [3.8, 4) is 0 Å². The molecule has 0 aromatic rings. The second kappa shape index (κ2) is 4.60. The van der Waals surface area contributed by atoms with Crippen LogP contribution < -0.4 is 0 Å². The molecule has 0 aromatic heterocycles. The minimum absolute atomic E-state index is 0.482. The molecule has 0 saturated heterocycles. The SMILES string of the molecule is CCCCN(C)[Si](C)(C)C(C)(C)C. The van der Waals surface area contributed by atoms with Crippen LogP contribution in [0.25, 0.3) is 0 Å². The van der Waals surface area contributed by atoms with E-state index in [4.69, 9.17) is 0 Å². The molecule has 0 spiro atoms. The van der Waals surface area contributed by atoms with Gasteiger partial charge in [0, 0.05) is 0 Å². The van der Waals surface area contributed by atoms with Crippen LogP contribution in [0.3, 0.4) is 0 Å². The van der Waals surface area contributed by atoms with Gasteiger partial charge in [-0.05, 0) is 25.1 Å². The standard InChI is InChI=1S/C11H27NSi/c1-8-9-10-12(5)13(6,7)11(2,3)4/h8-10H2,1-7H3. The molecule has 0 rings (SSSR count). The maximum absolute atomic E-state index is 2.62. The molecule has 1 nitrogen and oxygen atoms in total. The van der Waals surface area contributed by atoms with Crippen LogP contribution in [0, 0.1) is 0 Å². The van der Waals surface area contributed by atoms with E-state index in [2.05, 4.69) is 52.4 Å². The Morgan fingerprint density at radius 1 is 1.15 bits per heavy atom. The van der Waals surface area contributed by atoms with Crippen LogP contribution in [-0.4, -0.2) is 26.4 Å². The Labute approximate surface area is 85.6 Å². The molecule has 80 valence electrons. The van der Waals surface area contributed by atoms with Crippen molar-refractivity contribution in [2.45, 2.75) is 58.7 Å². The molecule has 2 heteroatoms. The molecule has 0 N–H and O–H groups in total. The van der Waals surface area contributed by atoms with Crippen LogP contribution in [-0.2, 0) is 0 Å². The van der Waals surface area contributed by atoms with E-state index in [9.17, 15) is 0 Å². The molecular weight excluding hydrogens is 174 g/mol. The van der Waals surface area contributed by atoms with Crippen molar-refractivity contribution in [3.05, 3.63) is 0 Å². The molecule has 0 saturated carbocycles. The van der Waals surface area contributed by atoms with Crippen molar-refractivity contribution in [3.63, 3.8) is 0 Å². The van der Waals surface area contributed by atoms with Crippen molar-refractivity contribution in [1.82, 2.24) is 4.57 Å². The van der Waals surface area contributed by atoms with E-state index in [1.807, 2.05) is 0 Å². The van der Waals surface area contributed by atoms with Crippen LogP contribution >= 0.6 is 0 Å². The van der Waals surface area contributed by atoms with E-state index in [0.717, 1.165) is 0 Å². The van der Waals surface area contributed by atoms with Crippen LogP contribution in [0.1, 0.15) is 40.5 Å². The van der Waals surface area contributed by atoms with Crippen molar-refractivity contribution in [2.75, 3.05) is 13.6 Å². The van der Waals surface area contributed by atoms with Crippen molar-refractivity contribution in [2.24, 2.45) is 0 Å². The van der Waals surface area contributed by atoms with Gasteiger partial charge in [0.15, 0.2) is 0 Å². The van der Waals surface area contributed by atoms with Gasteiger partial charge in [-0.25, -0.2) is 0 Å². The number of unbranched alkanes of at least 4 members (excludes halogenated alkanes) is 1. The number of rotatable bonds is 4. The maximum atomic E-state index is 2.62. The third-order valence-corrected chi connectivity index (χ3v) is 9.44. The fourth-order valence-corrected chi connectivity index (χ4v) is 3.11. The van der Waals surface area contributed by atoms with E-state index in [-0.39, 0.29) is 0 Å². The van der Waals surface area contributed by atoms with Crippen molar-refractivity contribution < 1.29 is 0 Å². The Morgan fingerprint density at radius 2 is 1.62 bits per heavy atom. The molecule has 0 bridgehead atoms. The van der Waals surface area contributed by atoms with Crippen LogP contribution in [0.4, 0.5) is 0 Å². The van der Waals surface area contributed by atoms with Crippen LogP contribution in [0.2, 0.25) is 18.1 Å². The van der Waals surface area contributed by atoms with Crippen molar-refractivity contribution >= 4 is 8.24 Å². The molecule has 0 amide bonds. The molecule has 0 heterocycles. The molecule has 0 fully saturated rings. The fourth-order valence-electron chi connectivity index (χ4n) is 1.25. The lowest BCUT2D eigenvalue weighted by Gasteiger charge is -2.44. The van der Waals surface area contributed by atoms with Gasteiger partial charge in [-0.1, -0.05) is 47.2 Å². The predicted molar refractivity (Wildman–Crippen MR) is 64.7 cm³/mol. The Bertz CT molecular complexity index is 147. The summed E-state index contributed by atoms with van der Waals surface area (Å²) in [5.74, 6) is 0. The first kappa shape index (κ1) is 13.2. The minimum Gasteiger partial charge on any atom is -0.326 e. The fraction of sp³-hybridized carbons (Fsp3) is 1.00. The summed E-state index contributed by atoms with van der Waals surface area (Å²) in [5, 5.41) is 0.482. The lowest BCUT2D eigenvalue weighted by atomic mass is 10.2. The monoisotopic (exact) mass is 201 g/mol. The summed E-state index contributed by atoms with van der Waals surface area (Å²) >= 11 is 0. The molecule has 0 aromatic carbocycles. The summed E-state index contributed by atoms with van der Waals surface area (Å²) in [4.78, 5) is 0. The maximum Gasteiger partial charge on any atom is 0.127 e. The Balaban J connectivity index is 4.27. The third kappa shape index (κ3) is 3.43. The van der Waals surface area contributed by atoms with Crippen molar-refractivity contribution in [1.29, 1.82) is 0 Å². The second-order valence-corrected chi connectivity index (χ2v) is 11.0. The predicted octanol–water partition coefficient (Wildman–Crippen LogP) is 3.72. The van der Waals surface area contributed by atoms with E-state index in [0.29, 0.717) is 5.04 Å². The van der Waals surface area contributed by atoms with Gasteiger partial charge in [-0.3, -0.25) is 0 Å². The van der Waals surface area contributed by atoms with Gasteiger partial charge in [0.05, 0.1) is 0 Å². The number of hydrogen-bond acceptors (Lipinski definition) is 1. The van der Waals surface area contributed by atoms with Gasteiger partial charge < -0.3 is 4.57 Å². The summed E-state index contributed by atoms with van der Waals surface area (Å²) < 4.78 is 2.62.